The van der Waals surface area contributed by atoms with Gasteiger partial charge in [-0.3, -0.25) is 9.78 Å². The molecule has 8 heteroatoms. The van der Waals surface area contributed by atoms with Crippen LogP contribution in [0.15, 0.2) is 46.1 Å². The minimum atomic E-state index is -4.63. The van der Waals surface area contributed by atoms with Crippen molar-refractivity contribution in [1.29, 1.82) is 0 Å². The van der Waals surface area contributed by atoms with Crippen molar-refractivity contribution in [3.63, 3.8) is 0 Å². The van der Waals surface area contributed by atoms with Gasteiger partial charge in [-0.2, -0.15) is 13.2 Å². The van der Waals surface area contributed by atoms with Crippen molar-refractivity contribution in [3.8, 4) is 18.2 Å². The SMILES string of the molecule is C#Cc1cccnc1-n1c(=O)[nH]c(=O)c2ccc(C(F)(F)F)cc21. The molecule has 0 atom stereocenters. The van der Waals surface area contributed by atoms with Gasteiger partial charge in [0.15, 0.2) is 5.82 Å². The maximum absolute atomic E-state index is 13.0. The molecule has 5 nitrogen and oxygen atoms in total. The molecule has 24 heavy (non-hydrogen) atoms. The second-order valence-electron chi connectivity index (χ2n) is 4.84. The molecule has 120 valence electrons. The van der Waals surface area contributed by atoms with Crippen molar-refractivity contribution in [2.75, 3.05) is 0 Å². The summed E-state index contributed by atoms with van der Waals surface area (Å²) in [7, 11) is 0. The lowest BCUT2D eigenvalue weighted by Crippen LogP contribution is -2.30. The van der Waals surface area contributed by atoms with Crippen molar-refractivity contribution in [2.24, 2.45) is 0 Å². The molecule has 0 aliphatic heterocycles. The Labute approximate surface area is 132 Å². The molecule has 1 aromatic carbocycles. The van der Waals surface area contributed by atoms with Crippen LogP contribution in [0.3, 0.4) is 0 Å². The van der Waals surface area contributed by atoms with Gasteiger partial charge in [-0.25, -0.2) is 14.3 Å². The van der Waals surface area contributed by atoms with Crippen molar-refractivity contribution < 1.29 is 13.2 Å². The van der Waals surface area contributed by atoms with E-state index in [0.29, 0.717) is 0 Å². The average molecular weight is 331 g/mol. The summed E-state index contributed by atoms with van der Waals surface area (Å²) >= 11 is 0. The first kappa shape index (κ1) is 15.6. The predicted molar refractivity (Wildman–Crippen MR) is 80.9 cm³/mol. The summed E-state index contributed by atoms with van der Waals surface area (Å²) in [6.07, 6.45) is 2.07. The second-order valence-corrected chi connectivity index (χ2v) is 4.84. The Bertz CT molecular complexity index is 1100. The molecule has 0 fully saturated rings. The number of nitrogens with zero attached hydrogens (tertiary/aromatic N) is 2. The molecule has 0 saturated carbocycles. The first-order valence-corrected chi connectivity index (χ1v) is 6.61. The molecule has 0 saturated heterocycles. The molecular weight excluding hydrogens is 323 g/mol. The number of halogens is 3. The lowest BCUT2D eigenvalue weighted by Gasteiger charge is -2.12. The standard InChI is InChI=1S/C16H8F3N3O2/c1-2-9-4-3-7-20-13(9)22-12-8-10(16(17,18)19)5-6-11(12)14(23)21-15(22)24/h1,3-8H,(H,21,23,24). The number of hydrogen-bond donors (Lipinski definition) is 1. The summed E-state index contributed by atoms with van der Waals surface area (Å²) < 4.78 is 39.8. The van der Waals surface area contributed by atoms with Gasteiger partial charge in [-0.05, 0) is 30.3 Å². The number of benzene rings is 1. The number of aromatic amines is 1. The molecule has 0 radical (unpaired) electrons. The molecule has 0 unspecified atom stereocenters. The topological polar surface area (TPSA) is 67.8 Å². The zero-order valence-electron chi connectivity index (χ0n) is 11.9. The highest BCUT2D eigenvalue weighted by molar-refractivity contribution is 5.80. The van der Waals surface area contributed by atoms with Gasteiger partial charge < -0.3 is 0 Å². The number of alkyl halides is 3. The maximum Gasteiger partial charge on any atom is 0.416 e. The molecule has 0 spiro atoms. The molecule has 0 aliphatic rings. The van der Waals surface area contributed by atoms with E-state index in [0.717, 1.165) is 22.8 Å². The van der Waals surface area contributed by atoms with Crippen LogP contribution in [0.25, 0.3) is 16.7 Å². The van der Waals surface area contributed by atoms with Crippen molar-refractivity contribution in [1.82, 2.24) is 14.5 Å². The molecule has 3 rings (SSSR count). The Balaban J connectivity index is 2.50. The zero-order valence-corrected chi connectivity index (χ0v) is 11.9. The van der Waals surface area contributed by atoms with Gasteiger partial charge >= 0.3 is 11.9 Å². The van der Waals surface area contributed by atoms with Crippen LogP contribution in [0.5, 0.6) is 0 Å². The Morgan fingerprint density at radius 1 is 1.21 bits per heavy atom. The fraction of sp³-hybridized carbons (Fsp3) is 0.0625. The van der Waals surface area contributed by atoms with Gasteiger partial charge in [0.05, 0.1) is 22.0 Å². The lowest BCUT2D eigenvalue weighted by atomic mass is 10.1. The number of aromatic nitrogens is 3. The van der Waals surface area contributed by atoms with E-state index in [2.05, 4.69) is 15.9 Å². The smallest absolute Gasteiger partial charge is 0.273 e. The van der Waals surface area contributed by atoms with E-state index in [-0.39, 0.29) is 22.3 Å². The van der Waals surface area contributed by atoms with Gasteiger partial charge in [-0.15, -0.1) is 6.42 Å². The zero-order chi connectivity index (χ0) is 17.5. The second kappa shape index (κ2) is 5.38. The van der Waals surface area contributed by atoms with E-state index in [9.17, 15) is 22.8 Å². The number of nitrogens with one attached hydrogen (secondary N) is 1. The molecule has 0 bridgehead atoms. The number of fused-ring (bicyclic) bond motifs is 1. The van der Waals surface area contributed by atoms with E-state index in [1.54, 1.807) is 0 Å². The quantitative estimate of drug-likeness (QED) is 0.694. The first-order chi connectivity index (χ1) is 11.3. The van der Waals surface area contributed by atoms with E-state index in [1.807, 2.05) is 0 Å². The van der Waals surface area contributed by atoms with Crippen LogP contribution in [0.2, 0.25) is 0 Å². The van der Waals surface area contributed by atoms with Crippen LogP contribution in [0.1, 0.15) is 11.1 Å². The molecular formula is C16H8F3N3O2. The third kappa shape index (κ3) is 2.46. The number of rotatable bonds is 1. The number of pyridine rings is 1. The predicted octanol–water partition coefficient (Wildman–Crippen LogP) is 2.07. The van der Waals surface area contributed by atoms with Crippen molar-refractivity contribution in [2.45, 2.75) is 6.18 Å². The fourth-order valence-electron chi connectivity index (χ4n) is 2.31. The Hall–Kier alpha value is -3.34. The van der Waals surface area contributed by atoms with Crippen LogP contribution in [0, 0.1) is 12.3 Å². The van der Waals surface area contributed by atoms with Crippen LogP contribution in [-0.4, -0.2) is 14.5 Å². The average Bonchev–Trinajstić information content (AvgIpc) is 2.54. The van der Waals surface area contributed by atoms with Gasteiger partial charge in [0.1, 0.15) is 0 Å². The van der Waals surface area contributed by atoms with Gasteiger partial charge in [-0.1, -0.05) is 5.92 Å². The molecule has 2 heterocycles. The van der Waals surface area contributed by atoms with Gasteiger partial charge in [0.25, 0.3) is 5.56 Å². The normalized spacial score (nSPS) is 11.4. The summed E-state index contributed by atoms with van der Waals surface area (Å²) in [6.45, 7) is 0. The Kier molecular flexibility index (Phi) is 3.49. The minimum absolute atomic E-state index is 0.0365. The van der Waals surface area contributed by atoms with E-state index in [4.69, 9.17) is 6.42 Å². The minimum Gasteiger partial charge on any atom is -0.273 e. The Morgan fingerprint density at radius 3 is 2.62 bits per heavy atom. The van der Waals surface area contributed by atoms with Crippen LogP contribution < -0.4 is 11.2 Å². The molecule has 3 aromatic rings. The summed E-state index contributed by atoms with van der Waals surface area (Å²) in [5.74, 6) is 2.27. The van der Waals surface area contributed by atoms with E-state index < -0.39 is 23.0 Å². The third-order valence-electron chi connectivity index (χ3n) is 3.39. The highest BCUT2D eigenvalue weighted by atomic mass is 19.4. The highest BCUT2D eigenvalue weighted by Crippen LogP contribution is 2.31. The van der Waals surface area contributed by atoms with Crippen LogP contribution >= 0.6 is 0 Å². The third-order valence-corrected chi connectivity index (χ3v) is 3.39. The lowest BCUT2D eigenvalue weighted by molar-refractivity contribution is -0.137. The molecule has 0 aliphatic carbocycles. The number of hydrogen-bond acceptors (Lipinski definition) is 3. The van der Waals surface area contributed by atoms with Gasteiger partial charge in [0.2, 0.25) is 0 Å². The molecule has 0 amide bonds. The van der Waals surface area contributed by atoms with Crippen molar-refractivity contribution >= 4 is 10.9 Å². The van der Waals surface area contributed by atoms with Crippen molar-refractivity contribution in [3.05, 3.63) is 68.5 Å². The summed E-state index contributed by atoms with van der Waals surface area (Å²) in [5, 5.41) is -0.0868. The highest BCUT2D eigenvalue weighted by Gasteiger charge is 2.31. The van der Waals surface area contributed by atoms with E-state index >= 15 is 0 Å². The molecule has 2 aromatic heterocycles. The number of H-pyrrole nitrogens is 1. The summed E-state index contributed by atoms with van der Waals surface area (Å²) in [6, 6.07) is 5.51. The maximum atomic E-state index is 13.0. The van der Waals surface area contributed by atoms with Crippen LogP contribution in [-0.2, 0) is 6.18 Å². The Morgan fingerprint density at radius 2 is 1.96 bits per heavy atom. The summed E-state index contributed by atoms with van der Waals surface area (Å²) in [5.41, 5.74) is -2.74. The first-order valence-electron chi connectivity index (χ1n) is 6.61. The van der Waals surface area contributed by atoms with E-state index in [1.165, 1.54) is 18.3 Å². The van der Waals surface area contributed by atoms with Gasteiger partial charge in [0, 0.05) is 6.20 Å². The monoisotopic (exact) mass is 331 g/mol. The largest absolute Gasteiger partial charge is 0.416 e. The fourth-order valence-corrected chi connectivity index (χ4v) is 2.31. The molecule has 1 N–H and O–H groups in total. The van der Waals surface area contributed by atoms with Crippen LogP contribution in [0.4, 0.5) is 13.2 Å². The number of terminal acetylenes is 1. The summed E-state index contributed by atoms with van der Waals surface area (Å²) in [4.78, 5) is 30.1.